The molecule has 0 N–H and O–H groups in total. The first kappa shape index (κ1) is 28.6. The average molecular weight is 771 g/mol. The van der Waals surface area contributed by atoms with Crippen LogP contribution in [0.3, 0.4) is 0 Å². The van der Waals surface area contributed by atoms with Gasteiger partial charge in [0.05, 0.1) is 8.07 Å². The number of nitrogens with zero attached hydrogens (tertiary/aromatic N) is 4. The number of benzene rings is 4. The van der Waals surface area contributed by atoms with Crippen molar-refractivity contribution >= 4 is 41.3 Å². The van der Waals surface area contributed by atoms with Crippen molar-refractivity contribution in [3.63, 3.8) is 0 Å². The van der Waals surface area contributed by atoms with Gasteiger partial charge in [0.2, 0.25) is 0 Å². The van der Waals surface area contributed by atoms with Gasteiger partial charge in [0.1, 0.15) is 5.82 Å². The molecule has 2 aromatic heterocycles. The fraction of sp³-hybridized carbons (Fsp3) is 0.135. The van der Waals surface area contributed by atoms with Crippen LogP contribution in [0.4, 0.5) is 11.4 Å². The van der Waals surface area contributed by atoms with E-state index >= 15 is 0 Å². The van der Waals surface area contributed by atoms with Gasteiger partial charge >= 0.3 is 0 Å². The summed E-state index contributed by atoms with van der Waals surface area (Å²) < 4.78 is 8.66. The van der Waals surface area contributed by atoms with Gasteiger partial charge in [-0.3, -0.25) is 0 Å². The second-order valence-corrected chi connectivity index (χ2v) is 17.3. The Kier molecular flexibility index (Phi) is 6.83. The van der Waals surface area contributed by atoms with Crippen molar-refractivity contribution in [3.05, 3.63) is 139 Å². The van der Waals surface area contributed by atoms with Crippen LogP contribution in [0.2, 0.25) is 13.1 Å². The molecule has 0 bridgehead atoms. The Morgan fingerprint density at radius 1 is 0.795 bits per heavy atom. The second-order valence-electron chi connectivity index (χ2n) is 12.3. The summed E-state index contributed by atoms with van der Waals surface area (Å²) in [6.07, 6.45) is 4.13. The number of hydrogen-bond acceptors (Lipinski definition) is 4. The van der Waals surface area contributed by atoms with Crippen LogP contribution in [-0.2, 0) is 26.1 Å². The number of hydrogen-bond donors (Lipinski definition) is 0. The predicted octanol–water partition coefficient (Wildman–Crippen LogP) is 8.93. The average Bonchev–Trinajstić information content (AvgIpc) is 3.62. The van der Waals surface area contributed by atoms with Crippen LogP contribution < -0.4 is 14.5 Å². The fourth-order valence-electron chi connectivity index (χ4n) is 6.45. The molecule has 0 unspecified atom stereocenters. The van der Waals surface area contributed by atoms with E-state index in [0.717, 1.165) is 39.0 Å². The van der Waals surface area contributed by atoms with Gasteiger partial charge in [-0.2, -0.15) is 12.1 Å². The molecule has 4 aromatic carbocycles. The number of para-hydroxylation sites is 2. The molecule has 5 nitrogen and oxygen atoms in total. The standard InChI is InChI=1S/C37H31N4OSi.Pt/c1-37(2)31-20-18-28(23-34(31)40-25-39(24-36(40)43(37,3)4)26-12-6-5-7-13-26)42-27-17-19-30-29-14-8-9-15-32(29)41(33(30)22-27)35-16-10-11-21-38-35;/h5-21,24-25H,1-4H3;/q-3;. The van der Waals surface area contributed by atoms with Crippen molar-refractivity contribution in [2.24, 2.45) is 0 Å². The van der Waals surface area contributed by atoms with Crippen molar-refractivity contribution in [2.75, 3.05) is 9.80 Å². The molecular formula is C37H31N4OPtSi-3. The van der Waals surface area contributed by atoms with E-state index in [4.69, 9.17) is 4.74 Å². The summed E-state index contributed by atoms with van der Waals surface area (Å²) in [6.45, 7) is 11.9. The first-order valence-electron chi connectivity index (χ1n) is 14.6. The van der Waals surface area contributed by atoms with E-state index in [-0.39, 0.29) is 26.1 Å². The summed E-state index contributed by atoms with van der Waals surface area (Å²) in [5.74, 6) is 2.15. The molecular weight excluding hydrogens is 740 g/mol. The molecule has 0 saturated carbocycles. The molecule has 8 rings (SSSR count). The molecule has 222 valence electrons. The van der Waals surface area contributed by atoms with Crippen molar-refractivity contribution in [3.8, 4) is 17.3 Å². The van der Waals surface area contributed by atoms with Crippen LogP contribution in [0, 0.1) is 18.8 Å². The maximum Gasteiger partial charge on any atom is 0.135 e. The molecule has 7 heteroatoms. The van der Waals surface area contributed by atoms with E-state index in [2.05, 4.69) is 144 Å². The summed E-state index contributed by atoms with van der Waals surface area (Å²) in [5, 5.41) is 3.65. The zero-order chi connectivity index (χ0) is 29.3. The van der Waals surface area contributed by atoms with E-state index in [9.17, 15) is 0 Å². The Balaban J connectivity index is 0.00000312. The molecule has 0 fully saturated rings. The number of anilines is 2. The van der Waals surface area contributed by atoms with E-state index in [1.165, 1.54) is 10.9 Å². The number of rotatable bonds is 4. The van der Waals surface area contributed by atoms with E-state index in [0.29, 0.717) is 11.5 Å². The van der Waals surface area contributed by atoms with Crippen molar-refractivity contribution < 1.29 is 25.8 Å². The zero-order valence-corrected chi connectivity index (χ0v) is 28.3. The van der Waals surface area contributed by atoms with E-state index in [1.54, 1.807) is 0 Å². The topological polar surface area (TPSA) is 33.5 Å². The van der Waals surface area contributed by atoms with Crippen LogP contribution in [0.5, 0.6) is 11.5 Å². The Morgan fingerprint density at radius 2 is 1.52 bits per heavy atom. The van der Waals surface area contributed by atoms with Gasteiger partial charge in [-0.05, 0) is 47.2 Å². The molecule has 2 aliphatic rings. The van der Waals surface area contributed by atoms with Crippen LogP contribution in [0.25, 0.3) is 27.6 Å². The summed E-state index contributed by atoms with van der Waals surface area (Å²) in [4.78, 5) is 9.21. The molecule has 2 aliphatic heterocycles. The van der Waals surface area contributed by atoms with Gasteiger partial charge in [0.25, 0.3) is 0 Å². The van der Waals surface area contributed by atoms with Crippen molar-refractivity contribution in [2.45, 2.75) is 32.0 Å². The zero-order valence-electron chi connectivity index (χ0n) is 25.0. The predicted molar refractivity (Wildman–Crippen MR) is 177 cm³/mol. The van der Waals surface area contributed by atoms with Gasteiger partial charge in [0.15, 0.2) is 0 Å². The molecule has 0 atom stereocenters. The first-order valence-corrected chi connectivity index (χ1v) is 17.6. The molecule has 0 aliphatic carbocycles. The third-order valence-corrected chi connectivity index (χ3v) is 14.5. The van der Waals surface area contributed by atoms with Gasteiger partial charge in [-0.1, -0.05) is 85.6 Å². The molecule has 0 radical (unpaired) electrons. The van der Waals surface area contributed by atoms with Crippen LogP contribution in [-0.4, -0.2) is 17.6 Å². The summed E-state index contributed by atoms with van der Waals surface area (Å²) >= 11 is 0. The van der Waals surface area contributed by atoms with Crippen molar-refractivity contribution in [1.29, 1.82) is 0 Å². The Labute approximate surface area is 273 Å². The molecule has 0 saturated heterocycles. The fourth-order valence-corrected chi connectivity index (χ4v) is 9.20. The van der Waals surface area contributed by atoms with Crippen LogP contribution >= 0.6 is 0 Å². The van der Waals surface area contributed by atoms with Gasteiger partial charge < -0.3 is 19.1 Å². The smallest absolute Gasteiger partial charge is 0.135 e. The SMILES string of the molecule is CC1(C)c2ccc(Oc3[c-]c4c(cc3)c3ccccc3n4-c3ccccn3)[c-]c2N2[CH-]N(c3ccccc3)C=C2[Si]1(C)C.[Pt]. The minimum atomic E-state index is -1.91. The monoisotopic (exact) mass is 770 g/mol. The van der Waals surface area contributed by atoms with E-state index < -0.39 is 8.07 Å². The third-order valence-electron chi connectivity index (χ3n) is 9.49. The van der Waals surface area contributed by atoms with Crippen LogP contribution in [0.1, 0.15) is 19.4 Å². The summed E-state index contributed by atoms with van der Waals surface area (Å²) in [6, 6.07) is 40.5. The maximum absolute atomic E-state index is 6.51. The minimum absolute atomic E-state index is 0. The number of aromatic nitrogens is 2. The van der Waals surface area contributed by atoms with Gasteiger partial charge in [0, 0.05) is 50.0 Å². The summed E-state index contributed by atoms with van der Waals surface area (Å²) in [7, 11) is -1.91. The van der Waals surface area contributed by atoms with Gasteiger partial charge in [-0.15, -0.1) is 41.9 Å². The van der Waals surface area contributed by atoms with Crippen LogP contribution in [0.15, 0.2) is 115 Å². The minimum Gasteiger partial charge on any atom is -0.509 e. The normalized spacial score (nSPS) is 16.3. The van der Waals surface area contributed by atoms with Gasteiger partial charge in [-0.25, -0.2) is 4.98 Å². The quantitative estimate of drug-likeness (QED) is 0.133. The molecule has 4 heterocycles. The van der Waals surface area contributed by atoms with E-state index in [1.807, 2.05) is 30.5 Å². The second kappa shape index (κ2) is 10.5. The molecule has 0 amide bonds. The largest absolute Gasteiger partial charge is 0.509 e. The Hall–Kier alpha value is -4.12. The molecule has 44 heavy (non-hydrogen) atoms. The molecule has 0 spiro atoms. The number of pyridine rings is 1. The number of ether oxygens (including phenoxy) is 1. The third kappa shape index (κ3) is 4.27. The first-order chi connectivity index (χ1) is 20.8. The van der Waals surface area contributed by atoms with Crippen molar-refractivity contribution in [1.82, 2.24) is 9.55 Å². The maximum atomic E-state index is 6.51. The number of fused-ring (bicyclic) bond motifs is 6. The Bertz CT molecular complexity index is 2050. The molecule has 6 aromatic rings. The Morgan fingerprint density at radius 3 is 2.32 bits per heavy atom. The summed E-state index contributed by atoms with van der Waals surface area (Å²) in [5.41, 5.74) is 5.51.